The van der Waals surface area contributed by atoms with E-state index in [1.807, 2.05) is 37.3 Å². The number of rotatable bonds is 4. The molecule has 1 N–H and O–H groups in total. The Kier molecular flexibility index (Phi) is 4.23. The van der Waals surface area contributed by atoms with Crippen LogP contribution in [0.1, 0.15) is 6.92 Å². The molecule has 0 radical (unpaired) electrons. The van der Waals surface area contributed by atoms with Crippen LogP contribution < -0.4 is 5.32 Å². The Morgan fingerprint density at radius 2 is 2.05 bits per heavy atom. The van der Waals surface area contributed by atoms with E-state index in [4.69, 9.17) is 0 Å². The summed E-state index contributed by atoms with van der Waals surface area (Å²) in [4.78, 5) is 15.4. The number of amides is 1. The van der Waals surface area contributed by atoms with Gasteiger partial charge in [-0.15, -0.1) is 0 Å². The van der Waals surface area contributed by atoms with Gasteiger partial charge in [0.2, 0.25) is 5.91 Å². The van der Waals surface area contributed by atoms with Crippen molar-refractivity contribution in [2.45, 2.75) is 6.92 Å². The van der Waals surface area contributed by atoms with E-state index in [0.717, 1.165) is 11.4 Å². The van der Waals surface area contributed by atoms with Gasteiger partial charge in [0.25, 0.3) is 0 Å². The molecule has 5 nitrogen and oxygen atoms in total. The quantitative estimate of drug-likeness (QED) is 0.673. The summed E-state index contributed by atoms with van der Waals surface area (Å²) >= 11 is 0. The average molecular weight is 254 g/mol. The fourth-order valence-electron chi connectivity index (χ4n) is 1.48. The molecule has 0 aliphatic heterocycles. The zero-order valence-electron chi connectivity index (χ0n) is 10.5. The summed E-state index contributed by atoms with van der Waals surface area (Å²) in [6.07, 6.45) is 9.92. The smallest absolute Gasteiger partial charge is 0.248 e. The first-order valence-electron chi connectivity index (χ1n) is 5.85. The predicted molar refractivity (Wildman–Crippen MR) is 73.9 cm³/mol. The van der Waals surface area contributed by atoms with Crippen LogP contribution >= 0.6 is 0 Å². The van der Waals surface area contributed by atoms with Crippen LogP contribution in [0.4, 0.5) is 5.69 Å². The van der Waals surface area contributed by atoms with Crippen LogP contribution in [-0.4, -0.2) is 20.7 Å². The van der Waals surface area contributed by atoms with E-state index in [1.54, 1.807) is 23.2 Å². The molecular weight excluding hydrogens is 240 g/mol. The van der Waals surface area contributed by atoms with Gasteiger partial charge >= 0.3 is 0 Å². The first kappa shape index (κ1) is 12.8. The molecule has 0 aliphatic carbocycles. The fraction of sp³-hybridized carbons (Fsp3) is 0.0714. The molecule has 19 heavy (non-hydrogen) atoms. The third-order valence-corrected chi connectivity index (χ3v) is 2.37. The second-order valence-electron chi connectivity index (χ2n) is 3.76. The zero-order valence-corrected chi connectivity index (χ0v) is 10.5. The van der Waals surface area contributed by atoms with E-state index in [2.05, 4.69) is 15.4 Å². The number of anilines is 1. The topological polar surface area (TPSA) is 59.8 Å². The van der Waals surface area contributed by atoms with E-state index in [0.29, 0.717) is 0 Å². The number of hydrogen-bond donors (Lipinski definition) is 1. The van der Waals surface area contributed by atoms with Gasteiger partial charge < -0.3 is 5.32 Å². The maximum Gasteiger partial charge on any atom is 0.248 e. The monoisotopic (exact) mass is 254 g/mol. The lowest BCUT2D eigenvalue weighted by atomic mass is 10.3. The number of benzene rings is 1. The van der Waals surface area contributed by atoms with Gasteiger partial charge in [-0.05, 0) is 31.2 Å². The van der Waals surface area contributed by atoms with E-state index in [9.17, 15) is 4.79 Å². The number of allylic oxidation sites excluding steroid dienone is 3. The van der Waals surface area contributed by atoms with Crippen LogP contribution in [0, 0.1) is 0 Å². The van der Waals surface area contributed by atoms with Crippen LogP contribution in [0.2, 0.25) is 0 Å². The Labute approximate surface area is 111 Å². The van der Waals surface area contributed by atoms with Crippen molar-refractivity contribution in [2.24, 2.45) is 0 Å². The van der Waals surface area contributed by atoms with Gasteiger partial charge in [0, 0.05) is 11.8 Å². The lowest BCUT2D eigenvalue weighted by Gasteiger charge is -2.04. The van der Waals surface area contributed by atoms with Crippen LogP contribution in [0.15, 0.2) is 61.2 Å². The van der Waals surface area contributed by atoms with Crippen LogP contribution in [-0.2, 0) is 4.79 Å². The molecule has 0 spiro atoms. The molecule has 2 aromatic rings. The first-order valence-corrected chi connectivity index (χ1v) is 5.85. The number of nitrogens with zero attached hydrogens (tertiary/aromatic N) is 3. The fourth-order valence-corrected chi connectivity index (χ4v) is 1.48. The second-order valence-corrected chi connectivity index (χ2v) is 3.76. The normalized spacial score (nSPS) is 11.2. The number of nitrogens with one attached hydrogen (secondary N) is 1. The van der Waals surface area contributed by atoms with Crippen molar-refractivity contribution < 1.29 is 4.79 Å². The van der Waals surface area contributed by atoms with Crippen molar-refractivity contribution >= 4 is 11.6 Å². The van der Waals surface area contributed by atoms with E-state index in [-0.39, 0.29) is 5.91 Å². The van der Waals surface area contributed by atoms with Crippen LogP contribution in [0.25, 0.3) is 5.69 Å². The summed E-state index contributed by atoms with van der Waals surface area (Å²) in [5.74, 6) is -0.161. The van der Waals surface area contributed by atoms with Gasteiger partial charge in [-0.25, -0.2) is 9.67 Å². The molecule has 0 bridgehead atoms. The Hall–Kier alpha value is -2.69. The van der Waals surface area contributed by atoms with Gasteiger partial charge in [-0.3, -0.25) is 4.79 Å². The summed E-state index contributed by atoms with van der Waals surface area (Å²) in [6.45, 7) is 1.89. The second kappa shape index (κ2) is 6.30. The first-order chi connectivity index (χ1) is 9.29. The highest BCUT2D eigenvalue weighted by molar-refractivity contribution is 5.99. The predicted octanol–water partition coefficient (Wildman–Crippen LogP) is 2.34. The van der Waals surface area contributed by atoms with Crippen molar-refractivity contribution in [1.82, 2.24) is 14.8 Å². The third kappa shape index (κ3) is 3.64. The Balaban J connectivity index is 2.01. The molecule has 0 aliphatic rings. The molecular formula is C14H14N4O. The molecule has 2 rings (SSSR count). The summed E-state index contributed by atoms with van der Waals surface area (Å²) < 4.78 is 1.65. The zero-order chi connectivity index (χ0) is 13.5. The standard InChI is InChI=1S/C14H14N4O/c1-2-3-4-5-14(19)17-12-6-8-13(9-7-12)18-11-15-10-16-18/h2-11H,1H3,(H,17,19)/b3-2+,5-4+. The lowest BCUT2D eigenvalue weighted by Crippen LogP contribution is -2.07. The van der Waals surface area contributed by atoms with Crippen LogP contribution in [0.3, 0.4) is 0 Å². The Morgan fingerprint density at radius 1 is 1.26 bits per heavy atom. The molecule has 0 unspecified atom stereocenters. The summed E-state index contributed by atoms with van der Waals surface area (Å²) in [7, 11) is 0. The largest absolute Gasteiger partial charge is 0.323 e. The van der Waals surface area contributed by atoms with E-state index >= 15 is 0 Å². The van der Waals surface area contributed by atoms with Crippen molar-refractivity contribution in [3.63, 3.8) is 0 Å². The number of aromatic nitrogens is 3. The number of carbonyl (C=O) groups excluding carboxylic acids is 1. The Morgan fingerprint density at radius 3 is 2.68 bits per heavy atom. The number of hydrogen-bond acceptors (Lipinski definition) is 3. The molecule has 0 atom stereocenters. The van der Waals surface area contributed by atoms with Gasteiger partial charge in [-0.1, -0.05) is 18.2 Å². The molecule has 5 heteroatoms. The molecule has 96 valence electrons. The molecule has 0 saturated carbocycles. The van der Waals surface area contributed by atoms with E-state index < -0.39 is 0 Å². The molecule has 1 aromatic carbocycles. The van der Waals surface area contributed by atoms with Gasteiger partial charge in [0.05, 0.1) is 5.69 Å². The summed E-state index contributed by atoms with van der Waals surface area (Å²) in [5.41, 5.74) is 1.62. The SMILES string of the molecule is C/C=C/C=C/C(=O)Nc1ccc(-n2cncn2)cc1. The van der Waals surface area contributed by atoms with Crippen molar-refractivity contribution in [3.05, 3.63) is 61.2 Å². The van der Waals surface area contributed by atoms with Gasteiger partial charge in [-0.2, -0.15) is 5.10 Å². The lowest BCUT2D eigenvalue weighted by molar-refractivity contribution is -0.111. The summed E-state index contributed by atoms with van der Waals surface area (Å²) in [5, 5.41) is 6.79. The van der Waals surface area contributed by atoms with Crippen molar-refractivity contribution in [1.29, 1.82) is 0 Å². The minimum atomic E-state index is -0.161. The minimum Gasteiger partial charge on any atom is -0.323 e. The molecule has 0 fully saturated rings. The highest BCUT2D eigenvalue weighted by Gasteiger charge is 1.99. The molecule has 0 saturated heterocycles. The number of carbonyl (C=O) groups is 1. The van der Waals surface area contributed by atoms with E-state index in [1.165, 1.54) is 12.4 Å². The summed E-state index contributed by atoms with van der Waals surface area (Å²) in [6, 6.07) is 7.36. The van der Waals surface area contributed by atoms with Gasteiger partial charge in [0.15, 0.2) is 0 Å². The third-order valence-electron chi connectivity index (χ3n) is 2.37. The van der Waals surface area contributed by atoms with Crippen molar-refractivity contribution in [2.75, 3.05) is 5.32 Å². The van der Waals surface area contributed by atoms with Crippen LogP contribution in [0.5, 0.6) is 0 Å². The maximum atomic E-state index is 11.5. The highest BCUT2D eigenvalue weighted by atomic mass is 16.1. The van der Waals surface area contributed by atoms with Crippen molar-refractivity contribution in [3.8, 4) is 5.69 Å². The Bertz CT molecular complexity index is 582. The molecule has 1 aromatic heterocycles. The average Bonchev–Trinajstić information content (AvgIpc) is 2.94. The molecule has 1 heterocycles. The van der Waals surface area contributed by atoms with Gasteiger partial charge in [0.1, 0.15) is 12.7 Å². The minimum absolute atomic E-state index is 0.161. The highest BCUT2D eigenvalue weighted by Crippen LogP contribution is 2.12. The maximum absolute atomic E-state index is 11.5. The molecule has 1 amide bonds.